The lowest BCUT2D eigenvalue weighted by molar-refractivity contribution is 0.363. The van der Waals surface area contributed by atoms with Crippen LogP contribution >= 0.6 is 0 Å². The van der Waals surface area contributed by atoms with Crippen LogP contribution in [0, 0.1) is 0 Å². The molecular weight excluding hydrogens is 222 g/mol. The van der Waals surface area contributed by atoms with Crippen molar-refractivity contribution in [3.8, 4) is 5.75 Å². The van der Waals surface area contributed by atoms with E-state index >= 15 is 0 Å². The monoisotopic (exact) mass is 237 g/mol. The first kappa shape index (κ1) is 12.1. The Balaban J connectivity index is 2.02. The molecule has 1 aromatic heterocycles. The first-order valence-electron chi connectivity index (χ1n) is 5.80. The van der Waals surface area contributed by atoms with Crippen molar-refractivity contribution in [1.82, 2.24) is 4.98 Å². The normalized spacial score (nSPS) is 10.4. The van der Waals surface area contributed by atoms with Crippen LogP contribution < -0.4 is 4.74 Å². The fourth-order valence-electron chi connectivity index (χ4n) is 1.50. The van der Waals surface area contributed by atoms with E-state index in [-0.39, 0.29) is 0 Å². The smallest absolute Gasteiger partial charge is 0.119 e. The summed E-state index contributed by atoms with van der Waals surface area (Å²) in [4.78, 5) is 3.98. The quantitative estimate of drug-likeness (QED) is 0.737. The zero-order valence-corrected chi connectivity index (χ0v) is 10.1. The van der Waals surface area contributed by atoms with Gasteiger partial charge < -0.3 is 4.74 Å². The lowest BCUT2D eigenvalue weighted by Gasteiger charge is -2.02. The summed E-state index contributed by atoms with van der Waals surface area (Å²) in [5.41, 5.74) is 2.27. The van der Waals surface area contributed by atoms with Crippen molar-refractivity contribution in [2.24, 2.45) is 0 Å². The maximum Gasteiger partial charge on any atom is 0.119 e. The summed E-state index contributed by atoms with van der Waals surface area (Å²) in [7, 11) is 0. The maximum atomic E-state index is 5.42. The Morgan fingerprint density at radius 3 is 2.17 bits per heavy atom. The second kappa shape index (κ2) is 6.40. The van der Waals surface area contributed by atoms with Gasteiger partial charge in [0.1, 0.15) is 12.4 Å². The Hall–Kier alpha value is -2.35. The van der Waals surface area contributed by atoms with Crippen LogP contribution in [0.1, 0.15) is 11.1 Å². The lowest BCUT2D eigenvalue weighted by atomic mass is 10.1. The standard InChI is InChI=1S/C16H15NO/c1-2-13-18-16-7-5-14(6-8-16)3-4-15-9-11-17-12-10-15/h2-12H,1,13H2. The van der Waals surface area contributed by atoms with Crippen molar-refractivity contribution in [3.05, 3.63) is 72.6 Å². The summed E-state index contributed by atoms with van der Waals surface area (Å²) in [6.07, 6.45) is 9.42. The molecule has 2 heteroatoms. The first-order valence-corrected chi connectivity index (χ1v) is 5.80. The second-order valence-corrected chi connectivity index (χ2v) is 3.78. The minimum atomic E-state index is 0.534. The number of aromatic nitrogens is 1. The Bertz CT molecular complexity index is 515. The highest BCUT2D eigenvalue weighted by molar-refractivity contribution is 5.69. The zero-order valence-electron chi connectivity index (χ0n) is 10.1. The Morgan fingerprint density at radius 1 is 0.944 bits per heavy atom. The van der Waals surface area contributed by atoms with Gasteiger partial charge in [-0.3, -0.25) is 4.98 Å². The number of hydrogen-bond donors (Lipinski definition) is 0. The van der Waals surface area contributed by atoms with Crippen LogP contribution in [0.3, 0.4) is 0 Å². The molecule has 0 saturated heterocycles. The van der Waals surface area contributed by atoms with Crippen LogP contribution in [0.25, 0.3) is 12.2 Å². The van der Waals surface area contributed by atoms with Crippen molar-refractivity contribution in [1.29, 1.82) is 0 Å². The Kier molecular flexibility index (Phi) is 4.31. The van der Waals surface area contributed by atoms with Gasteiger partial charge in [-0.25, -0.2) is 0 Å². The molecule has 2 nitrogen and oxygen atoms in total. The van der Waals surface area contributed by atoms with Gasteiger partial charge in [-0.15, -0.1) is 0 Å². The van der Waals surface area contributed by atoms with Crippen molar-refractivity contribution in [2.45, 2.75) is 0 Å². The maximum absolute atomic E-state index is 5.42. The molecule has 0 unspecified atom stereocenters. The third-order valence-electron chi connectivity index (χ3n) is 2.42. The van der Waals surface area contributed by atoms with Crippen molar-refractivity contribution < 1.29 is 4.74 Å². The second-order valence-electron chi connectivity index (χ2n) is 3.78. The topological polar surface area (TPSA) is 22.1 Å². The highest BCUT2D eigenvalue weighted by Gasteiger charge is 1.92. The summed E-state index contributed by atoms with van der Waals surface area (Å²) in [5, 5.41) is 0. The van der Waals surface area contributed by atoms with Crippen LogP contribution in [0.2, 0.25) is 0 Å². The highest BCUT2D eigenvalue weighted by atomic mass is 16.5. The van der Waals surface area contributed by atoms with Gasteiger partial charge in [0.25, 0.3) is 0 Å². The predicted octanol–water partition coefficient (Wildman–Crippen LogP) is 3.82. The van der Waals surface area contributed by atoms with E-state index in [2.05, 4.69) is 23.7 Å². The molecule has 1 aromatic carbocycles. The Labute approximate surface area is 107 Å². The molecule has 0 aliphatic carbocycles. The average Bonchev–Trinajstić information content (AvgIpc) is 2.45. The van der Waals surface area contributed by atoms with Crippen LogP contribution in [-0.2, 0) is 0 Å². The van der Waals surface area contributed by atoms with Gasteiger partial charge in [0, 0.05) is 12.4 Å². The molecule has 90 valence electrons. The summed E-state index contributed by atoms with van der Waals surface area (Å²) < 4.78 is 5.42. The van der Waals surface area contributed by atoms with Gasteiger partial charge in [0.05, 0.1) is 0 Å². The minimum Gasteiger partial charge on any atom is -0.490 e. The molecule has 1 heterocycles. The molecule has 0 bridgehead atoms. The van der Waals surface area contributed by atoms with Crippen molar-refractivity contribution >= 4 is 12.2 Å². The van der Waals surface area contributed by atoms with Crippen LogP contribution in [0.5, 0.6) is 5.75 Å². The molecule has 0 spiro atoms. The number of pyridine rings is 1. The number of ether oxygens (including phenoxy) is 1. The van der Waals surface area contributed by atoms with Crippen LogP contribution in [0.15, 0.2) is 61.4 Å². The van der Waals surface area contributed by atoms with E-state index in [1.165, 1.54) is 0 Å². The molecule has 2 rings (SSSR count). The molecule has 0 fully saturated rings. The van der Waals surface area contributed by atoms with E-state index in [1.807, 2.05) is 36.4 Å². The average molecular weight is 237 g/mol. The van der Waals surface area contributed by atoms with Crippen LogP contribution in [0.4, 0.5) is 0 Å². The van der Waals surface area contributed by atoms with Gasteiger partial charge in [0.2, 0.25) is 0 Å². The molecule has 0 atom stereocenters. The summed E-state index contributed by atoms with van der Waals surface area (Å²) >= 11 is 0. The first-order chi connectivity index (χ1) is 8.88. The van der Waals surface area contributed by atoms with Crippen molar-refractivity contribution in [3.63, 3.8) is 0 Å². The number of rotatable bonds is 5. The molecule has 18 heavy (non-hydrogen) atoms. The molecule has 0 aliphatic heterocycles. The molecule has 0 radical (unpaired) electrons. The van der Waals surface area contributed by atoms with Gasteiger partial charge in [0.15, 0.2) is 0 Å². The van der Waals surface area contributed by atoms with Gasteiger partial charge >= 0.3 is 0 Å². The predicted molar refractivity (Wildman–Crippen MR) is 75.3 cm³/mol. The zero-order chi connectivity index (χ0) is 12.6. The fourth-order valence-corrected chi connectivity index (χ4v) is 1.50. The molecule has 0 aliphatic rings. The third-order valence-corrected chi connectivity index (χ3v) is 2.42. The van der Waals surface area contributed by atoms with E-state index in [1.54, 1.807) is 18.5 Å². The highest BCUT2D eigenvalue weighted by Crippen LogP contribution is 2.14. The summed E-state index contributed by atoms with van der Waals surface area (Å²) in [6, 6.07) is 11.9. The van der Waals surface area contributed by atoms with E-state index in [0.29, 0.717) is 6.61 Å². The Morgan fingerprint density at radius 2 is 1.56 bits per heavy atom. The van der Waals surface area contributed by atoms with Gasteiger partial charge in [-0.05, 0) is 35.4 Å². The number of nitrogens with zero attached hydrogens (tertiary/aromatic N) is 1. The fraction of sp³-hybridized carbons (Fsp3) is 0.0625. The lowest BCUT2D eigenvalue weighted by Crippen LogP contribution is -1.91. The molecular formula is C16H15NO. The van der Waals surface area contributed by atoms with Gasteiger partial charge in [-0.2, -0.15) is 0 Å². The third kappa shape index (κ3) is 3.59. The minimum absolute atomic E-state index is 0.534. The van der Waals surface area contributed by atoms with E-state index in [0.717, 1.165) is 16.9 Å². The molecule has 0 N–H and O–H groups in total. The van der Waals surface area contributed by atoms with E-state index in [4.69, 9.17) is 4.74 Å². The SMILES string of the molecule is C=CCOc1ccc(C=Cc2ccncc2)cc1. The van der Waals surface area contributed by atoms with E-state index < -0.39 is 0 Å². The molecule has 0 saturated carbocycles. The number of hydrogen-bond acceptors (Lipinski definition) is 2. The van der Waals surface area contributed by atoms with Crippen LogP contribution in [-0.4, -0.2) is 11.6 Å². The largest absolute Gasteiger partial charge is 0.490 e. The van der Waals surface area contributed by atoms with E-state index in [9.17, 15) is 0 Å². The van der Waals surface area contributed by atoms with Gasteiger partial charge in [-0.1, -0.05) is 36.9 Å². The molecule has 0 amide bonds. The number of benzene rings is 1. The summed E-state index contributed by atoms with van der Waals surface area (Å²) in [6.45, 7) is 4.15. The summed E-state index contributed by atoms with van der Waals surface area (Å²) in [5.74, 6) is 0.857. The molecule has 2 aromatic rings. The van der Waals surface area contributed by atoms with Crippen molar-refractivity contribution in [2.75, 3.05) is 6.61 Å².